The van der Waals surface area contributed by atoms with Crippen molar-refractivity contribution < 1.29 is 24.2 Å². The highest BCUT2D eigenvalue weighted by atomic mass is 79.9. The topological polar surface area (TPSA) is 72.8 Å². The molecule has 1 N–H and O–H groups in total. The first kappa shape index (κ1) is 26.0. The number of benzene rings is 1. The van der Waals surface area contributed by atoms with Crippen molar-refractivity contribution >= 4 is 27.5 Å². The molecule has 0 unspecified atom stereocenters. The lowest BCUT2D eigenvalue weighted by atomic mass is 9.67. The van der Waals surface area contributed by atoms with Gasteiger partial charge < -0.3 is 14.6 Å². The van der Waals surface area contributed by atoms with Gasteiger partial charge in [0.25, 0.3) is 0 Å². The van der Waals surface area contributed by atoms with Gasteiger partial charge in [0.2, 0.25) is 11.6 Å². The van der Waals surface area contributed by atoms with Gasteiger partial charge in [0.15, 0.2) is 11.5 Å². The molecule has 0 aromatic heterocycles. The number of Topliss-reactive ketones (excluding diaryl/α,β-unsaturated/α-hetero) is 2. The second-order valence-electron chi connectivity index (χ2n) is 10.6. The summed E-state index contributed by atoms with van der Waals surface area (Å²) >= 11 is 3.52. The van der Waals surface area contributed by atoms with E-state index in [-0.39, 0.29) is 34.5 Å². The van der Waals surface area contributed by atoms with Gasteiger partial charge in [0.05, 0.1) is 12.2 Å². The third kappa shape index (κ3) is 5.23. The molecule has 0 fully saturated rings. The van der Waals surface area contributed by atoms with Gasteiger partial charge in [-0.3, -0.25) is 9.59 Å². The molecule has 2 atom stereocenters. The summed E-state index contributed by atoms with van der Waals surface area (Å²) in [5, 5.41) is 10.9. The van der Waals surface area contributed by atoms with Crippen LogP contribution >= 0.6 is 15.9 Å². The number of unbranched alkanes of at least 4 members (excludes halogenated alkanes) is 8. The van der Waals surface area contributed by atoms with E-state index in [0.717, 1.165) is 29.3 Å². The van der Waals surface area contributed by atoms with Crippen LogP contribution in [-0.4, -0.2) is 28.9 Å². The van der Waals surface area contributed by atoms with E-state index < -0.39 is 17.1 Å². The smallest absolute Gasteiger partial charge is 0.228 e. The Bertz CT molecular complexity index is 1050. The Kier molecular flexibility index (Phi) is 8.09. The summed E-state index contributed by atoms with van der Waals surface area (Å²) in [6.07, 6.45) is 10.8. The quantitative estimate of drug-likeness (QED) is 0.244. The Hall–Kier alpha value is -2.08. The largest absolute Gasteiger partial charge is 0.504 e. The first-order valence-electron chi connectivity index (χ1n) is 13.1. The maximum absolute atomic E-state index is 13.5. The van der Waals surface area contributed by atoms with Gasteiger partial charge >= 0.3 is 0 Å². The third-order valence-corrected chi connectivity index (χ3v) is 8.19. The highest BCUT2D eigenvalue weighted by Gasteiger charge is 2.54. The van der Waals surface area contributed by atoms with Crippen molar-refractivity contribution in [1.82, 2.24) is 0 Å². The molecule has 5 nitrogen and oxygen atoms in total. The molecular weight excluding hydrogens is 508 g/mol. The molecule has 3 aliphatic rings. The number of ether oxygens (including phenoxy) is 2. The van der Waals surface area contributed by atoms with Crippen molar-refractivity contribution in [2.24, 2.45) is 5.92 Å². The van der Waals surface area contributed by atoms with Gasteiger partial charge in [0.1, 0.15) is 11.4 Å². The zero-order valence-electron chi connectivity index (χ0n) is 21.1. The van der Waals surface area contributed by atoms with Crippen molar-refractivity contribution in [2.75, 3.05) is 6.61 Å². The van der Waals surface area contributed by atoms with Crippen molar-refractivity contribution in [2.45, 2.75) is 96.5 Å². The lowest BCUT2D eigenvalue weighted by molar-refractivity contribution is -0.130. The van der Waals surface area contributed by atoms with Gasteiger partial charge in [-0.15, -0.1) is 0 Å². The van der Waals surface area contributed by atoms with E-state index in [4.69, 9.17) is 9.47 Å². The zero-order valence-corrected chi connectivity index (χ0v) is 22.7. The second-order valence-corrected chi connectivity index (χ2v) is 11.5. The highest BCUT2D eigenvalue weighted by Crippen LogP contribution is 2.53. The maximum atomic E-state index is 13.5. The van der Waals surface area contributed by atoms with Crippen LogP contribution in [0.25, 0.3) is 0 Å². The zero-order chi connectivity index (χ0) is 25.2. The van der Waals surface area contributed by atoms with Crippen molar-refractivity contribution in [3.8, 4) is 5.75 Å². The van der Waals surface area contributed by atoms with Gasteiger partial charge in [-0.25, -0.2) is 0 Å². The molecule has 0 spiro atoms. The summed E-state index contributed by atoms with van der Waals surface area (Å²) in [6.45, 7) is 6.48. The van der Waals surface area contributed by atoms with Crippen molar-refractivity contribution in [1.29, 1.82) is 0 Å². The fourth-order valence-electron chi connectivity index (χ4n) is 5.65. The summed E-state index contributed by atoms with van der Waals surface area (Å²) in [5.74, 6) is -0.955. The first-order valence-corrected chi connectivity index (χ1v) is 13.9. The summed E-state index contributed by atoms with van der Waals surface area (Å²) < 4.78 is 13.1. The number of aliphatic hydroxyl groups is 1. The lowest BCUT2D eigenvalue weighted by Crippen LogP contribution is -2.50. The van der Waals surface area contributed by atoms with Crippen molar-refractivity contribution in [3.05, 3.63) is 50.9 Å². The Morgan fingerprint density at radius 3 is 2.34 bits per heavy atom. The summed E-state index contributed by atoms with van der Waals surface area (Å²) in [5.41, 5.74) is 0.619. The molecule has 0 bridgehead atoms. The Morgan fingerprint density at radius 2 is 1.66 bits per heavy atom. The standard InChI is InChI=1S/C29H37BrO5/c1-4-5-6-7-8-9-10-11-12-13-19-25(31)27(33)24-23-20-16-18(30)14-15-22(20)34-17-21(23)29(2,3)35-28(24)26(19)32/h14-16,21,23,31H,4-13,17H2,1-3H3/t21-,23-/m0/s1. The maximum Gasteiger partial charge on any atom is 0.228 e. The Balaban J connectivity index is 1.50. The minimum Gasteiger partial charge on any atom is -0.504 e. The molecule has 4 rings (SSSR count). The number of halogens is 1. The van der Waals surface area contributed by atoms with Gasteiger partial charge in [-0.1, -0.05) is 74.2 Å². The molecule has 0 radical (unpaired) electrons. The molecule has 1 aromatic carbocycles. The highest BCUT2D eigenvalue weighted by molar-refractivity contribution is 9.10. The Labute approximate surface area is 217 Å². The van der Waals surface area contributed by atoms with E-state index in [0.29, 0.717) is 18.8 Å². The molecule has 0 amide bonds. The van der Waals surface area contributed by atoms with E-state index in [1.807, 2.05) is 32.0 Å². The second kappa shape index (κ2) is 10.9. The number of allylic oxidation sites excluding steroid dienone is 2. The van der Waals surface area contributed by atoms with Crippen molar-refractivity contribution in [3.63, 3.8) is 0 Å². The molecule has 35 heavy (non-hydrogen) atoms. The van der Waals surface area contributed by atoms with E-state index in [1.54, 1.807) is 0 Å². The number of hydrogen-bond acceptors (Lipinski definition) is 5. The minimum atomic E-state index is -0.699. The van der Waals surface area contributed by atoms with Gasteiger partial charge in [0, 0.05) is 27.4 Å². The summed E-state index contributed by atoms with van der Waals surface area (Å²) in [6, 6.07) is 5.71. The van der Waals surface area contributed by atoms with Gasteiger partial charge in [-0.05, 0) is 44.9 Å². The van der Waals surface area contributed by atoms with Crippen LogP contribution in [0, 0.1) is 5.92 Å². The van der Waals surface area contributed by atoms with Crippen LogP contribution < -0.4 is 4.74 Å². The molecular formula is C29H37BrO5. The van der Waals surface area contributed by atoms with Crippen LogP contribution in [0.4, 0.5) is 0 Å². The number of rotatable bonds is 10. The normalized spacial score (nSPS) is 22.9. The van der Waals surface area contributed by atoms with Crippen LogP contribution in [0.15, 0.2) is 45.3 Å². The molecule has 1 aromatic rings. The Morgan fingerprint density at radius 1 is 1.00 bits per heavy atom. The number of fused-ring (bicyclic) bond motifs is 4. The molecule has 0 saturated heterocycles. The van der Waals surface area contributed by atoms with E-state index >= 15 is 0 Å². The van der Waals surface area contributed by atoms with E-state index in [9.17, 15) is 14.7 Å². The first-order chi connectivity index (χ1) is 16.8. The fourth-order valence-corrected chi connectivity index (χ4v) is 6.03. The average Bonchev–Trinajstić information content (AvgIpc) is 2.82. The van der Waals surface area contributed by atoms with Crippen LogP contribution in [-0.2, 0) is 14.3 Å². The summed E-state index contributed by atoms with van der Waals surface area (Å²) in [4.78, 5) is 27.0. The molecule has 190 valence electrons. The van der Waals surface area contributed by atoms with Crippen LogP contribution in [0.2, 0.25) is 0 Å². The number of ketones is 2. The van der Waals surface area contributed by atoms with Crippen LogP contribution in [0.5, 0.6) is 5.75 Å². The number of hydrogen-bond donors (Lipinski definition) is 1. The fraction of sp³-hybridized carbons (Fsp3) is 0.586. The molecule has 1 aliphatic carbocycles. The minimum absolute atomic E-state index is 0.109. The molecule has 0 saturated carbocycles. The monoisotopic (exact) mass is 544 g/mol. The average molecular weight is 546 g/mol. The molecule has 2 heterocycles. The van der Waals surface area contributed by atoms with E-state index in [2.05, 4.69) is 22.9 Å². The predicted octanol–water partition coefficient (Wildman–Crippen LogP) is 7.49. The lowest BCUT2D eigenvalue weighted by Gasteiger charge is -2.48. The summed E-state index contributed by atoms with van der Waals surface area (Å²) in [7, 11) is 0. The van der Waals surface area contributed by atoms with E-state index in [1.165, 1.54) is 38.5 Å². The molecule has 2 aliphatic heterocycles. The predicted molar refractivity (Wildman–Crippen MR) is 140 cm³/mol. The molecule has 6 heteroatoms. The number of carbonyl (C=O) groups is 2. The van der Waals surface area contributed by atoms with Gasteiger partial charge in [-0.2, -0.15) is 0 Å². The van der Waals surface area contributed by atoms with Crippen LogP contribution in [0.3, 0.4) is 0 Å². The van der Waals surface area contributed by atoms with Crippen LogP contribution in [0.1, 0.15) is 96.5 Å². The number of aliphatic hydroxyl groups excluding tert-OH is 1. The number of carbonyl (C=O) groups excluding carboxylic acids is 2. The SMILES string of the molecule is CCCCCCCCCCCC1=C(O)C(=O)C2=C(OC(C)(C)[C@H]3COc4ccc(Br)cc4[C@H]23)C1=O. The third-order valence-electron chi connectivity index (χ3n) is 7.70.